The van der Waals surface area contributed by atoms with Crippen molar-refractivity contribution < 1.29 is 29.0 Å². The average Bonchev–Trinajstić information content (AvgIpc) is 3.08. The number of allylic oxidation sites excluding steroid dienone is 4. The molecule has 4 aliphatic carbocycles. The molecule has 200 valence electrons. The molecule has 6 nitrogen and oxygen atoms in total. The molecule has 0 aromatic heterocycles. The van der Waals surface area contributed by atoms with Crippen molar-refractivity contribution in [1.29, 1.82) is 0 Å². The van der Waals surface area contributed by atoms with Gasteiger partial charge in [-0.25, -0.2) is 0 Å². The number of unbranched alkanes of at least 4 members (excludes halogenated alkanes) is 2. The lowest BCUT2D eigenvalue weighted by molar-refractivity contribution is -0.185. The summed E-state index contributed by atoms with van der Waals surface area (Å²) in [4.78, 5) is 46.6. The number of fused-ring (bicyclic) bond motifs is 5. The van der Waals surface area contributed by atoms with Crippen molar-refractivity contribution in [1.82, 2.24) is 0 Å². The van der Waals surface area contributed by atoms with Crippen LogP contribution in [0.4, 0.5) is 0 Å². The molecule has 0 heterocycles. The molecule has 0 unspecified atom stereocenters. The highest BCUT2D eigenvalue weighted by atomic mass is 16.6. The normalized spacial score (nSPS) is 36.7. The molecule has 0 bridgehead atoms. The number of ether oxygens (including phenoxy) is 1. The Morgan fingerprint density at radius 2 is 1.72 bits per heavy atom. The smallest absolute Gasteiger partial charge is 0.303 e. The molecular weight excluding hydrogens is 456 g/mol. The Bertz CT molecular complexity index is 976. The maximum absolute atomic E-state index is 12.8. The second-order valence-corrected chi connectivity index (χ2v) is 11.9. The number of hydrogen-bond donors (Lipinski definition) is 1. The van der Waals surface area contributed by atoms with Gasteiger partial charge in [0.15, 0.2) is 17.2 Å². The van der Waals surface area contributed by atoms with E-state index in [1.165, 1.54) is 18.1 Å². The lowest BCUT2D eigenvalue weighted by Gasteiger charge is -2.58. The molecule has 0 spiro atoms. The summed E-state index contributed by atoms with van der Waals surface area (Å²) in [5, 5.41) is 8.14. The maximum atomic E-state index is 12.8. The molecule has 0 amide bonds. The van der Waals surface area contributed by atoms with Crippen molar-refractivity contribution in [2.24, 2.45) is 28.6 Å². The number of aliphatic carboxylic acids is 1. The number of hydrogen-bond acceptors (Lipinski definition) is 5. The largest absolute Gasteiger partial charge is 0.481 e. The molecule has 0 saturated heterocycles. The van der Waals surface area contributed by atoms with E-state index in [0.717, 1.165) is 44.9 Å². The highest BCUT2D eigenvalue weighted by Crippen LogP contribution is 2.67. The van der Waals surface area contributed by atoms with Crippen molar-refractivity contribution >= 4 is 23.5 Å². The Kier molecular flexibility index (Phi) is 8.36. The van der Waals surface area contributed by atoms with Gasteiger partial charge >= 0.3 is 11.9 Å². The molecule has 0 radical (unpaired) electrons. The number of rotatable bonds is 6. The van der Waals surface area contributed by atoms with E-state index in [4.69, 9.17) is 9.84 Å². The first-order valence-electron chi connectivity index (χ1n) is 13.7. The number of Topliss-reactive ketones (excluding diaryl/α,β-unsaturated/α-hetero) is 1. The van der Waals surface area contributed by atoms with Crippen LogP contribution in [0.2, 0.25) is 0 Å². The Hall–Kier alpha value is -2.24. The first-order chi connectivity index (χ1) is 16.8. The third-order valence-corrected chi connectivity index (χ3v) is 9.83. The maximum Gasteiger partial charge on any atom is 0.303 e. The molecule has 2 fully saturated rings. The zero-order chi connectivity index (χ0) is 26.9. The predicted octanol–water partition coefficient (Wildman–Crippen LogP) is 6.23. The van der Waals surface area contributed by atoms with Gasteiger partial charge in [0.1, 0.15) is 0 Å². The lowest BCUT2D eigenvalue weighted by atomic mass is 9.47. The minimum atomic E-state index is -0.990. The van der Waals surface area contributed by atoms with E-state index in [0.29, 0.717) is 37.0 Å². The highest BCUT2D eigenvalue weighted by molar-refractivity contribution is 5.92. The van der Waals surface area contributed by atoms with E-state index < -0.39 is 11.6 Å². The van der Waals surface area contributed by atoms with Crippen LogP contribution in [0.5, 0.6) is 0 Å². The van der Waals surface area contributed by atoms with Gasteiger partial charge in [-0.3, -0.25) is 19.2 Å². The molecule has 6 atom stereocenters. The van der Waals surface area contributed by atoms with Crippen molar-refractivity contribution in [3.8, 4) is 0 Å². The molecule has 36 heavy (non-hydrogen) atoms. The van der Waals surface area contributed by atoms with Crippen LogP contribution in [0.3, 0.4) is 0 Å². The Morgan fingerprint density at radius 1 is 1.06 bits per heavy atom. The summed E-state index contributed by atoms with van der Waals surface area (Å²) in [7, 11) is 0. The van der Waals surface area contributed by atoms with Crippen molar-refractivity contribution in [3.63, 3.8) is 0 Å². The number of ketones is 2. The first kappa shape index (κ1) is 28.3. The van der Waals surface area contributed by atoms with E-state index >= 15 is 0 Å². The number of carboxylic acid groups (broad SMARTS) is 1. The summed E-state index contributed by atoms with van der Waals surface area (Å²) in [5.41, 5.74) is 1.15. The van der Waals surface area contributed by atoms with Crippen LogP contribution in [-0.2, 0) is 23.9 Å². The zero-order valence-electron chi connectivity index (χ0n) is 22.9. The van der Waals surface area contributed by atoms with Crippen molar-refractivity contribution in [3.05, 3.63) is 23.3 Å². The SMILES string of the molecule is CC(=O)O[C@]1(C(C)=O)CC[C@H]2[C@@H]3C=C(C)C4=CC(=O)CC[C@]4(C)[C@H]3CC[C@@]21C.CCCCCC(=O)O. The lowest BCUT2D eigenvalue weighted by Crippen LogP contribution is -2.58. The fraction of sp³-hybridized carbons (Fsp3) is 0.733. The van der Waals surface area contributed by atoms with Crippen LogP contribution in [0.15, 0.2) is 23.3 Å². The van der Waals surface area contributed by atoms with Crippen molar-refractivity contribution in [2.45, 2.75) is 111 Å². The van der Waals surface area contributed by atoms with E-state index in [2.05, 4.69) is 33.8 Å². The van der Waals surface area contributed by atoms with Gasteiger partial charge in [-0.1, -0.05) is 45.3 Å². The monoisotopic (exact) mass is 500 g/mol. The minimum absolute atomic E-state index is 0.0160. The van der Waals surface area contributed by atoms with Gasteiger partial charge in [0, 0.05) is 25.2 Å². The fourth-order valence-corrected chi connectivity index (χ4v) is 8.00. The topological polar surface area (TPSA) is 97.7 Å². The average molecular weight is 501 g/mol. The summed E-state index contributed by atoms with van der Waals surface area (Å²) in [6.07, 6.45) is 12.5. The number of carbonyl (C=O) groups is 4. The molecule has 2 saturated carbocycles. The molecule has 1 N–H and O–H groups in total. The Balaban J connectivity index is 0.000000392. The Morgan fingerprint density at radius 3 is 2.31 bits per heavy atom. The van der Waals surface area contributed by atoms with Gasteiger partial charge in [-0.05, 0) is 87.2 Å². The molecule has 4 aliphatic rings. The fourth-order valence-electron chi connectivity index (χ4n) is 8.00. The minimum Gasteiger partial charge on any atom is -0.481 e. The quantitative estimate of drug-likeness (QED) is 0.343. The van der Waals surface area contributed by atoms with Gasteiger partial charge < -0.3 is 9.84 Å². The molecule has 0 aromatic carbocycles. The third kappa shape index (κ3) is 4.84. The van der Waals surface area contributed by atoms with Gasteiger partial charge in [0.05, 0.1) is 0 Å². The summed E-state index contributed by atoms with van der Waals surface area (Å²) in [5.74, 6) is 0.347. The second-order valence-electron chi connectivity index (χ2n) is 11.9. The summed E-state index contributed by atoms with van der Waals surface area (Å²) in [6, 6.07) is 0. The van der Waals surface area contributed by atoms with E-state index in [9.17, 15) is 19.2 Å². The van der Waals surface area contributed by atoms with Crippen LogP contribution in [0, 0.1) is 28.6 Å². The zero-order valence-corrected chi connectivity index (χ0v) is 22.9. The highest BCUT2D eigenvalue weighted by Gasteiger charge is 2.67. The molecule has 4 rings (SSSR count). The second kappa shape index (κ2) is 10.6. The molecule has 6 heteroatoms. The van der Waals surface area contributed by atoms with Crippen LogP contribution < -0.4 is 0 Å². The number of carboxylic acids is 1. The van der Waals surface area contributed by atoms with Gasteiger partial charge in [0.25, 0.3) is 0 Å². The summed E-state index contributed by atoms with van der Waals surface area (Å²) >= 11 is 0. The van der Waals surface area contributed by atoms with Crippen LogP contribution in [0.1, 0.15) is 106 Å². The summed E-state index contributed by atoms with van der Waals surface area (Å²) in [6.45, 7) is 11.7. The summed E-state index contributed by atoms with van der Waals surface area (Å²) < 4.78 is 5.82. The van der Waals surface area contributed by atoms with Crippen molar-refractivity contribution in [2.75, 3.05) is 0 Å². The van der Waals surface area contributed by atoms with E-state index in [-0.39, 0.29) is 28.4 Å². The third-order valence-electron chi connectivity index (χ3n) is 9.83. The van der Waals surface area contributed by atoms with Crippen LogP contribution >= 0.6 is 0 Å². The molecular formula is C30H44O6. The number of carbonyl (C=O) groups excluding carboxylic acids is 3. The van der Waals surface area contributed by atoms with Gasteiger partial charge in [-0.15, -0.1) is 0 Å². The van der Waals surface area contributed by atoms with E-state index in [1.54, 1.807) is 6.92 Å². The van der Waals surface area contributed by atoms with Crippen LogP contribution in [-0.4, -0.2) is 34.2 Å². The van der Waals surface area contributed by atoms with Gasteiger partial charge in [0.2, 0.25) is 0 Å². The molecule has 0 aromatic rings. The Labute approximate surface area is 215 Å². The van der Waals surface area contributed by atoms with Crippen LogP contribution in [0.25, 0.3) is 0 Å². The van der Waals surface area contributed by atoms with E-state index in [1.807, 2.05) is 6.08 Å². The number of esters is 1. The van der Waals surface area contributed by atoms with Gasteiger partial charge in [-0.2, -0.15) is 0 Å². The molecule has 0 aliphatic heterocycles. The standard InChI is InChI=1S/C24H32O4.C6H12O2/c1-14-12-18-19(22(4)9-6-17(27)13-21(14)22)7-10-23(5)20(18)8-11-24(23,15(2)25)28-16(3)26;1-2-3-4-5-6(7)8/h12-13,18-20H,6-11H2,1-5H3;2-5H2,1H3,(H,7,8)/t18-,19+,20+,22-,23+,24+;/m1./s1. The first-order valence-corrected chi connectivity index (χ1v) is 13.7. The predicted molar refractivity (Wildman–Crippen MR) is 138 cm³/mol.